The van der Waals surface area contributed by atoms with Crippen LogP contribution in [0.4, 0.5) is 18.9 Å². The predicted molar refractivity (Wildman–Crippen MR) is 85.6 cm³/mol. The first-order valence-electron chi connectivity index (χ1n) is 8.93. The third-order valence-electron chi connectivity index (χ3n) is 6.58. The lowest BCUT2D eigenvalue weighted by atomic mass is 9.65. The molecule has 1 N–H and O–H groups in total. The Balaban J connectivity index is 1.62. The fourth-order valence-electron chi connectivity index (χ4n) is 5.57. The molecule has 0 aliphatic carbocycles. The number of nitrogens with zero attached hydrogens (tertiary/aromatic N) is 3. The van der Waals surface area contributed by atoms with Gasteiger partial charge in [-0.3, -0.25) is 9.69 Å². The van der Waals surface area contributed by atoms with Crippen molar-refractivity contribution in [3.63, 3.8) is 0 Å². The van der Waals surface area contributed by atoms with Crippen LogP contribution in [0, 0.1) is 23.2 Å². The highest BCUT2D eigenvalue weighted by molar-refractivity contribution is 5.99. The molecule has 1 aromatic rings. The lowest BCUT2D eigenvalue weighted by molar-refractivity contribution is -0.163. The van der Waals surface area contributed by atoms with Gasteiger partial charge in [0.2, 0.25) is 5.91 Å². The molecular formula is C18H16F3N3O4. The van der Waals surface area contributed by atoms with Gasteiger partial charge in [0, 0.05) is 12.8 Å². The summed E-state index contributed by atoms with van der Waals surface area (Å²) < 4.78 is 52.0. The summed E-state index contributed by atoms with van der Waals surface area (Å²) in [7, 11) is 0. The van der Waals surface area contributed by atoms with Gasteiger partial charge in [-0.25, -0.2) is 4.98 Å². The number of aliphatic hydroxyl groups excluding tert-OH is 1. The third kappa shape index (κ3) is 1.99. The molecule has 2 bridgehead atoms. The largest absolute Gasteiger partial charge is 0.419 e. The van der Waals surface area contributed by atoms with E-state index >= 15 is 0 Å². The number of aromatic nitrogens is 1. The molecule has 1 aromatic heterocycles. The SMILES string of the molecule is C[C@]12C[C@H](O)[C@]3(CCO[C@H]4[C@@H]3[C@@H]1C(=O)N4c1cnc(C#N)c(C(F)(F)F)c1)O2. The van der Waals surface area contributed by atoms with Gasteiger partial charge >= 0.3 is 6.18 Å². The maximum Gasteiger partial charge on any atom is 0.419 e. The van der Waals surface area contributed by atoms with Crippen LogP contribution in [0.5, 0.6) is 0 Å². The highest BCUT2D eigenvalue weighted by atomic mass is 19.4. The van der Waals surface area contributed by atoms with Crippen LogP contribution in [0.1, 0.15) is 31.0 Å². The number of rotatable bonds is 1. The highest BCUT2D eigenvalue weighted by Crippen LogP contribution is 2.65. The lowest BCUT2D eigenvalue weighted by Crippen LogP contribution is -2.56. The number of fused-ring (bicyclic) bond motifs is 2. The average molecular weight is 395 g/mol. The average Bonchev–Trinajstić information content (AvgIpc) is 3.17. The summed E-state index contributed by atoms with van der Waals surface area (Å²) >= 11 is 0. The second kappa shape index (κ2) is 5.23. The van der Waals surface area contributed by atoms with Gasteiger partial charge < -0.3 is 14.6 Å². The number of halogens is 3. The van der Waals surface area contributed by atoms with Crippen molar-refractivity contribution >= 4 is 11.6 Å². The van der Waals surface area contributed by atoms with E-state index in [9.17, 15) is 23.1 Å². The van der Waals surface area contributed by atoms with Crippen LogP contribution in [-0.2, 0) is 20.4 Å². The van der Waals surface area contributed by atoms with Crippen LogP contribution in [0.3, 0.4) is 0 Å². The van der Waals surface area contributed by atoms with E-state index in [1.54, 1.807) is 6.92 Å². The van der Waals surface area contributed by atoms with Gasteiger partial charge in [-0.1, -0.05) is 0 Å². The fourth-order valence-corrected chi connectivity index (χ4v) is 5.57. The summed E-state index contributed by atoms with van der Waals surface area (Å²) in [6.45, 7) is 1.96. The number of nitriles is 1. The molecule has 0 saturated carbocycles. The van der Waals surface area contributed by atoms with E-state index in [2.05, 4.69) is 4.98 Å². The Morgan fingerprint density at radius 1 is 1.46 bits per heavy atom. The Morgan fingerprint density at radius 2 is 2.21 bits per heavy atom. The molecule has 6 atom stereocenters. The molecule has 1 spiro atoms. The third-order valence-corrected chi connectivity index (χ3v) is 6.58. The second-order valence-corrected chi connectivity index (χ2v) is 8.01. The number of pyridine rings is 1. The van der Waals surface area contributed by atoms with Crippen molar-refractivity contribution in [3.8, 4) is 6.07 Å². The number of carbonyl (C=O) groups is 1. The standard InChI is InChI=1S/C18H16F3N3O4/c1-16-5-11(25)17(28-16)2-3-27-15-13(17)12(16)14(26)24(15)8-4-9(18(19,20)21)10(6-22)23-7-8/h4,7,11-13,15,25H,2-3,5H2,1H3/t11-,12+,13-,15-,16-,17-/m0/s1. The first-order chi connectivity index (χ1) is 13.1. The summed E-state index contributed by atoms with van der Waals surface area (Å²) in [4.78, 5) is 18.1. The Hall–Kier alpha value is -2.22. The molecule has 0 aromatic carbocycles. The second-order valence-electron chi connectivity index (χ2n) is 8.01. The molecule has 5 rings (SSSR count). The fraction of sp³-hybridized carbons (Fsp3) is 0.611. The topological polar surface area (TPSA) is 95.7 Å². The number of aliphatic hydroxyl groups is 1. The summed E-state index contributed by atoms with van der Waals surface area (Å²) in [6.07, 6.45) is -4.60. The van der Waals surface area contributed by atoms with Crippen LogP contribution < -0.4 is 4.90 Å². The molecule has 0 radical (unpaired) electrons. The molecule has 4 aliphatic rings. The van der Waals surface area contributed by atoms with Gasteiger partial charge in [-0.05, 0) is 13.0 Å². The van der Waals surface area contributed by atoms with E-state index in [4.69, 9.17) is 14.7 Å². The molecule has 4 saturated heterocycles. The van der Waals surface area contributed by atoms with Crippen LogP contribution in [-0.4, -0.2) is 46.1 Å². The normalized spacial score (nSPS) is 41.3. The van der Waals surface area contributed by atoms with Crippen molar-refractivity contribution in [1.29, 1.82) is 5.26 Å². The molecule has 5 heterocycles. The number of hydrogen-bond acceptors (Lipinski definition) is 6. The molecule has 10 heteroatoms. The van der Waals surface area contributed by atoms with Crippen LogP contribution >= 0.6 is 0 Å². The minimum absolute atomic E-state index is 0.0785. The lowest BCUT2D eigenvalue weighted by Gasteiger charge is -2.43. The number of anilines is 1. The van der Waals surface area contributed by atoms with Gasteiger partial charge in [0.1, 0.15) is 17.9 Å². The van der Waals surface area contributed by atoms with Crippen molar-refractivity contribution in [2.75, 3.05) is 11.5 Å². The summed E-state index contributed by atoms with van der Waals surface area (Å²) in [6, 6.07) is 2.19. The van der Waals surface area contributed by atoms with E-state index in [1.165, 1.54) is 11.0 Å². The minimum Gasteiger partial charge on any atom is -0.390 e. The predicted octanol–water partition coefficient (Wildman–Crippen LogP) is 1.59. The summed E-state index contributed by atoms with van der Waals surface area (Å²) in [5, 5.41) is 19.5. The number of hydrogen-bond donors (Lipinski definition) is 1. The Kier molecular flexibility index (Phi) is 3.33. The summed E-state index contributed by atoms with van der Waals surface area (Å²) in [5.41, 5.74) is -3.86. The van der Waals surface area contributed by atoms with Crippen molar-refractivity contribution in [2.24, 2.45) is 11.8 Å². The Bertz CT molecular complexity index is 932. The molecule has 28 heavy (non-hydrogen) atoms. The zero-order valence-corrected chi connectivity index (χ0v) is 14.7. The van der Waals surface area contributed by atoms with Crippen LogP contribution in [0.2, 0.25) is 0 Å². The van der Waals surface area contributed by atoms with E-state index in [-0.39, 0.29) is 12.3 Å². The van der Waals surface area contributed by atoms with E-state index < -0.39 is 58.7 Å². The summed E-state index contributed by atoms with van der Waals surface area (Å²) in [5.74, 6) is -1.51. The van der Waals surface area contributed by atoms with Crippen molar-refractivity contribution in [3.05, 3.63) is 23.5 Å². The Labute approximate surface area is 157 Å². The first-order valence-corrected chi connectivity index (χ1v) is 8.93. The van der Waals surface area contributed by atoms with E-state index in [1.807, 2.05) is 0 Å². The maximum atomic E-state index is 13.3. The van der Waals surface area contributed by atoms with Gasteiger partial charge in [-0.2, -0.15) is 18.4 Å². The smallest absolute Gasteiger partial charge is 0.390 e. The van der Waals surface area contributed by atoms with E-state index in [0.29, 0.717) is 12.8 Å². The van der Waals surface area contributed by atoms with Crippen molar-refractivity contribution in [1.82, 2.24) is 4.98 Å². The number of alkyl halides is 3. The first kappa shape index (κ1) is 17.8. The zero-order valence-electron chi connectivity index (χ0n) is 14.7. The minimum atomic E-state index is -4.79. The zero-order chi connectivity index (χ0) is 20.1. The van der Waals surface area contributed by atoms with Crippen molar-refractivity contribution in [2.45, 2.75) is 49.5 Å². The molecule has 1 amide bonds. The number of ether oxygens (including phenoxy) is 2. The Morgan fingerprint density at radius 3 is 2.89 bits per heavy atom. The van der Waals surface area contributed by atoms with Gasteiger partial charge in [-0.15, -0.1) is 0 Å². The van der Waals surface area contributed by atoms with Crippen LogP contribution in [0.25, 0.3) is 0 Å². The molecule has 7 nitrogen and oxygen atoms in total. The number of amides is 1. The monoisotopic (exact) mass is 395 g/mol. The molecule has 148 valence electrons. The highest BCUT2D eigenvalue weighted by Gasteiger charge is 2.78. The van der Waals surface area contributed by atoms with Gasteiger partial charge in [0.05, 0.1) is 47.6 Å². The van der Waals surface area contributed by atoms with E-state index in [0.717, 1.165) is 12.3 Å². The van der Waals surface area contributed by atoms with Gasteiger partial charge in [0.15, 0.2) is 5.69 Å². The molecule has 4 fully saturated rings. The molecular weight excluding hydrogens is 379 g/mol. The number of carbonyl (C=O) groups excluding carboxylic acids is 1. The maximum absolute atomic E-state index is 13.3. The molecule has 4 aliphatic heterocycles. The quantitative estimate of drug-likeness (QED) is 0.776. The van der Waals surface area contributed by atoms with Crippen molar-refractivity contribution < 1.29 is 32.5 Å². The van der Waals surface area contributed by atoms with Crippen LogP contribution in [0.15, 0.2) is 12.3 Å². The van der Waals surface area contributed by atoms with Gasteiger partial charge in [0.25, 0.3) is 0 Å². The molecule has 0 unspecified atom stereocenters.